The second kappa shape index (κ2) is 6.62. The molecule has 5 heteroatoms. The fourth-order valence-corrected chi connectivity index (χ4v) is 1.93. The summed E-state index contributed by atoms with van der Waals surface area (Å²) >= 11 is 11.4. The van der Waals surface area contributed by atoms with Crippen LogP contribution in [0.2, 0.25) is 5.02 Å². The summed E-state index contributed by atoms with van der Waals surface area (Å²) in [5.41, 5.74) is 1.61. The van der Waals surface area contributed by atoms with E-state index in [4.69, 9.17) is 23.2 Å². The Bertz CT molecular complexity index is 421. The van der Waals surface area contributed by atoms with Crippen molar-refractivity contribution in [1.82, 2.24) is 0 Å². The van der Waals surface area contributed by atoms with Crippen LogP contribution >= 0.6 is 23.2 Å². The minimum absolute atomic E-state index is 0.110. The molecule has 1 rings (SSSR count). The number of rotatable bonds is 5. The van der Waals surface area contributed by atoms with Gasteiger partial charge in [-0.25, -0.2) is 0 Å². The summed E-state index contributed by atoms with van der Waals surface area (Å²) in [6.07, 6.45) is 1.06. The minimum Gasteiger partial charge on any atom is -0.311 e. The minimum atomic E-state index is -0.223. The van der Waals surface area contributed by atoms with Crippen LogP contribution in [0.1, 0.15) is 12.0 Å². The highest BCUT2D eigenvalue weighted by Gasteiger charge is 2.16. The lowest BCUT2D eigenvalue weighted by Gasteiger charge is -2.23. The molecule has 92 valence electrons. The van der Waals surface area contributed by atoms with Gasteiger partial charge in [-0.15, -0.1) is 11.6 Å². The summed E-state index contributed by atoms with van der Waals surface area (Å²) in [6, 6.07) is 5.23. The van der Waals surface area contributed by atoms with Crippen LogP contribution in [0.25, 0.3) is 0 Å². The maximum Gasteiger partial charge on any atom is 0.241 e. The standard InChI is InChI=1S/C12H13Cl2NO2/c1-9-7-10(14)3-4-11(9)15(5-2-6-16)12(17)8-13/h3-4,6-7H,2,5,8H2,1H3. The average molecular weight is 274 g/mol. The number of benzene rings is 1. The van der Waals surface area contributed by atoms with E-state index in [9.17, 15) is 9.59 Å². The van der Waals surface area contributed by atoms with Crippen LogP contribution in [0.5, 0.6) is 0 Å². The predicted octanol–water partition coefficient (Wildman–Crippen LogP) is 2.81. The van der Waals surface area contributed by atoms with Crippen molar-refractivity contribution in [3.05, 3.63) is 28.8 Å². The lowest BCUT2D eigenvalue weighted by Crippen LogP contribution is -2.33. The number of aldehydes is 1. The van der Waals surface area contributed by atoms with Crippen LogP contribution in [-0.4, -0.2) is 24.6 Å². The van der Waals surface area contributed by atoms with E-state index in [2.05, 4.69) is 0 Å². The van der Waals surface area contributed by atoms with Crippen molar-refractivity contribution in [1.29, 1.82) is 0 Å². The topological polar surface area (TPSA) is 37.4 Å². The molecule has 0 heterocycles. The van der Waals surface area contributed by atoms with Crippen LogP contribution < -0.4 is 4.90 Å². The van der Waals surface area contributed by atoms with Gasteiger partial charge in [-0.2, -0.15) is 0 Å². The molecule has 0 aliphatic rings. The molecule has 0 N–H and O–H groups in total. The molecule has 3 nitrogen and oxygen atoms in total. The molecule has 0 bridgehead atoms. The molecule has 0 fully saturated rings. The molecule has 0 radical (unpaired) electrons. The number of alkyl halides is 1. The Morgan fingerprint density at radius 3 is 2.71 bits per heavy atom. The van der Waals surface area contributed by atoms with Gasteiger partial charge in [0.25, 0.3) is 0 Å². The monoisotopic (exact) mass is 273 g/mol. The zero-order valence-corrected chi connectivity index (χ0v) is 11.0. The maximum atomic E-state index is 11.7. The third-order valence-electron chi connectivity index (χ3n) is 2.34. The number of halogens is 2. The van der Waals surface area contributed by atoms with E-state index in [1.54, 1.807) is 18.2 Å². The second-order valence-electron chi connectivity index (χ2n) is 3.57. The zero-order valence-electron chi connectivity index (χ0n) is 9.45. The highest BCUT2D eigenvalue weighted by atomic mass is 35.5. The average Bonchev–Trinajstić information content (AvgIpc) is 2.31. The van der Waals surface area contributed by atoms with Gasteiger partial charge in [0.2, 0.25) is 5.91 Å². The summed E-state index contributed by atoms with van der Waals surface area (Å²) in [5, 5.41) is 0.611. The Balaban J connectivity index is 3.03. The molecular formula is C12H13Cl2NO2. The maximum absolute atomic E-state index is 11.7. The van der Waals surface area contributed by atoms with Crippen LogP contribution in [-0.2, 0) is 9.59 Å². The first kappa shape index (κ1) is 14.0. The largest absolute Gasteiger partial charge is 0.311 e. The van der Waals surface area contributed by atoms with E-state index in [1.165, 1.54) is 4.90 Å². The fraction of sp³-hybridized carbons (Fsp3) is 0.333. The first-order valence-electron chi connectivity index (χ1n) is 5.16. The summed E-state index contributed by atoms with van der Waals surface area (Å²) < 4.78 is 0. The van der Waals surface area contributed by atoms with E-state index in [1.807, 2.05) is 6.92 Å². The van der Waals surface area contributed by atoms with Crippen molar-refractivity contribution >= 4 is 41.1 Å². The highest BCUT2D eigenvalue weighted by molar-refractivity contribution is 6.31. The highest BCUT2D eigenvalue weighted by Crippen LogP contribution is 2.24. The van der Waals surface area contributed by atoms with E-state index in [0.717, 1.165) is 17.5 Å². The first-order chi connectivity index (χ1) is 8.10. The third kappa shape index (κ3) is 3.72. The number of hydrogen-bond donors (Lipinski definition) is 0. The van der Waals surface area contributed by atoms with Gasteiger partial charge in [0.15, 0.2) is 0 Å². The molecule has 0 saturated heterocycles. The molecule has 0 aromatic heterocycles. The molecule has 1 aromatic rings. The zero-order chi connectivity index (χ0) is 12.8. The smallest absolute Gasteiger partial charge is 0.241 e. The van der Waals surface area contributed by atoms with E-state index < -0.39 is 0 Å². The number of carbonyl (C=O) groups is 2. The summed E-state index contributed by atoms with van der Waals surface area (Å²) in [4.78, 5) is 23.6. The van der Waals surface area contributed by atoms with Crippen molar-refractivity contribution in [2.45, 2.75) is 13.3 Å². The number of nitrogens with zero attached hydrogens (tertiary/aromatic N) is 1. The first-order valence-corrected chi connectivity index (χ1v) is 6.07. The Kier molecular flexibility index (Phi) is 5.45. The van der Waals surface area contributed by atoms with Gasteiger partial charge < -0.3 is 9.69 Å². The van der Waals surface area contributed by atoms with Gasteiger partial charge in [-0.05, 0) is 30.7 Å². The lowest BCUT2D eigenvalue weighted by atomic mass is 10.1. The fourth-order valence-electron chi connectivity index (χ4n) is 1.56. The summed E-state index contributed by atoms with van der Waals surface area (Å²) in [6.45, 7) is 2.19. The molecule has 0 spiro atoms. The number of aryl methyl sites for hydroxylation is 1. The summed E-state index contributed by atoms with van der Waals surface area (Å²) in [7, 11) is 0. The molecule has 0 atom stereocenters. The normalized spacial score (nSPS) is 10.1. The molecular weight excluding hydrogens is 261 g/mol. The molecule has 1 aromatic carbocycles. The second-order valence-corrected chi connectivity index (χ2v) is 4.27. The lowest BCUT2D eigenvalue weighted by molar-refractivity contribution is -0.116. The van der Waals surface area contributed by atoms with Crippen LogP contribution in [0.15, 0.2) is 18.2 Å². The van der Waals surface area contributed by atoms with Crippen LogP contribution in [0.3, 0.4) is 0 Å². The van der Waals surface area contributed by atoms with Gasteiger partial charge in [-0.3, -0.25) is 4.79 Å². The van der Waals surface area contributed by atoms with E-state index >= 15 is 0 Å². The molecule has 0 aliphatic carbocycles. The number of hydrogen-bond acceptors (Lipinski definition) is 2. The van der Waals surface area contributed by atoms with Crippen molar-refractivity contribution in [3.63, 3.8) is 0 Å². The summed E-state index contributed by atoms with van der Waals surface area (Å²) in [5.74, 6) is -0.333. The predicted molar refractivity (Wildman–Crippen MR) is 69.9 cm³/mol. The van der Waals surface area contributed by atoms with Crippen molar-refractivity contribution < 1.29 is 9.59 Å². The van der Waals surface area contributed by atoms with Gasteiger partial charge in [0.05, 0.1) is 0 Å². The van der Waals surface area contributed by atoms with Crippen molar-refractivity contribution in [2.75, 3.05) is 17.3 Å². The number of anilines is 1. The molecule has 0 unspecified atom stereocenters. The van der Waals surface area contributed by atoms with E-state index in [-0.39, 0.29) is 18.2 Å². The Morgan fingerprint density at radius 2 is 2.18 bits per heavy atom. The Hall–Kier alpha value is -1.06. The van der Waals surface area contributed by atoms with Crippen molar-refractivity contribution in [2.24, 2.45) is 0 Å². The Morgan fingerprint density at radius 1 is 1.47 bits per heavy atom. The van der Waals surface area contributed by atoms with Gasteiger partial charge in [0.1, 0.15) is 12.2 Å². The molecule has 1 amide bonds. The number of carbonyl (C=O) groups excluding carboxylic acids is 2. The van der Waals surface area contributed by atoms with Gasteiger partial charge in [0, 0.05) is 23.7 Å². The van der Waals surface area contributed by atoms with Crippen LogP contribution in [0, 0.1) is 6.92 Å². The molecule has 0 aliphatic heterocycles. The van der Waals surface area contributed by atoms with Gasteiger partial charge in [-0.1, -0.05) is 11.6 Å². The van der Waals surface area contributed by atoms with Gasteiger partial charge >= 0.3 is 0 Å². The SMILES string of the molecule is Cc1cc(Cl)ccc1N(CCC=O)C(=O)CCl. The Labute approximate surface area is 110 Å². The van der Waals surface area contributed by atoms with Crippen molar-refractivity contribution in [3.8, 4) is 0 Å². The van der Waals surface area contributed by atoms with E-state index in [0.29, 0.717) is 11.6 Å². The molecule has 17 heavy (non-hydrogen) atoms. The third-order valence-corrected chi connectivity index (χ3v) is 2.80. The molecule has 0 saturated carbocycles. The quantitative estimate of drug-likeness (QED) is 0.611. The number of amides is 1. The van der Waals surface area contributed by atoms with Crippen LogP contribution in [0.4, 0.5) is 5.69 Å².